The first-order chi connectivity index (χ1) is 15.4. The molecule has 7 nitrogen and oxygen atoms in total. The van der Waals surface area contributed by atoms with E-state index in [-0.39, 0.29) is 23.6 Å². The summed E-state index contributed by atoms with van der Waals surface area (Å²) < 4.78 is 0. The van der Waals surface area contributed by atoms with Crippen LogP contribution in [0.15, 0.2) is 29.8 Å². The summed E-state index contributed by atoms with van der Waals surface area (Å²) in [6.45, 7) is 6.05. The highest BCUT2D eigenvalue weighted by Gasteiger charge is 2.42. The number of benzene rings is 1. The van der Waals surface area contributed by atoms with E-state index < -0.39 is 6.04 Å². The van der Waals surface area contributed by atoms with Crippen molar-refractivity contribution in [2.45, 2.75) is 45.6 Å². The average molecular weight is 455 g/mol. The lowest BCUT2D eigenvalue weighted by molar-refractivity contribution is -0.134. The molecule has 0 bridgehead atoms. The monoisotopic (exact) mass is 454 g/mol. The number of fused-ring (bicyclic) bond motifs is 1. The summed E-state index contributed by atoms with van der Waals surface area (Å²) in [6, 6.07) is 5.03. The maximum Gasteiger partial charge on any atom is 0.264 e. The number of imide groups is 1. The predicted octanol–water partition coefficient (Wildman–Crippen LogP) is 3.98. The molecule has 2 aliphatic heterocycles. The van der Waals surface area contributed by atoms with Crippen LogP contribution in [0, 0.1) is 5.92 Å². The minimum Gasteiger partial charge on any atom is -0.370 e. The van der Waals surface area contributed by atoms with Crippen molar-refractivity contribution in [2.75, 3.05) is 31.6 Å². The fourth-order valence-electron chi connectivity index (χ4n) is 4.67. The fraction of sp³-hybridized carbons (Fsp3) is 0.500. The van der Waals surface area contributed by atoms with E-state index in [4.69, 9.17) is 0 Å². The van der Waals surface area contributed by atoms with E-state index in [1.54, 1.807) is 12.3 Å². The van der Waals surface area contributed by atoms with Gasteiger partial charge in [0.2, 0.25) is 5.91 Å². The zero-order valence-corrected chi connectivity index (χ0v) is 19.7. The number of unbranched alkanes of at least 4 members (excludes halogenated alkanes) is 1. The van der Waals surface area contributed by atoms with Crippen LogP contribution in [-0.4, -0.2) is 59.2 Å². The summed E-state index contributed by atoms with van der Waals surface area (Å²) in [6.07, 6.45) is 5.46. The van der Waals surface area contributed by atoms with Crippen molar-refractivity contribution in [3.05, 3.63) is 45.9 Å². The summed E-state index contributed by atoms with van der Waals surface area (Å²) >= 11 is 1.43. The lowest BCUT2D eigenvalue weighted by atomic mass is 9.95. The van der Waals surface area contributed by atoms with Gasteiger partial charge in [-0.1, -0.05) is 19.4 Å². The summed E-state index contributed by atoms with van der Waals surface area (Å²) in [4.78, 5) is 49.1. The number of hydrogen-bond donors (Lipinski definition) is 0. The molecule has 2 aromatic rings. The third-order valence-corrected chi connectivity index (χ3v) is 7.40. The van der Waals surface area contributed by atoms with Gasteiger partial charge in [0, 0.05) is 38.3 Å². The second kappa shape index (κ2) is 9.40. The third-order valence-electron chi connectivity index (χ3n) is 6.46. The molecule has 32 heavy (non-hydrogen) atoms. The van der Waals surface area contributed by atoms with Gasteiger partial charge in [-0.3, -0.25) is 19.3 Å². The Bertz CT molecular complexity index is 1010. The molecule has 0 radical (unpaired) electrons. The van der Waals surface area contributed by atoms with Crippen molar-refractivity contribution in [1.82, 2.24) is 14.8 Å². The highest BCUT2D eigenvalue weighted by Crippen LogP contribution is 2.38. The van der Waals surface area contributed by atoms with Gasteiger partial charge in [0.15, 0.2) is 0 Å². The first-order valence-corrected chi connectivity index (χ1v) is 12.2. The number of thiazole rings is 1. The molecule has 8 heteroatoms. The van der Waals surface area contributed by atoms with Crippen LogP contribution in [0.5, 0.6) is 0 Å². The van der Waals surface area contributed by atoms with Crippen LogP contribution in [0.4, 0.5) is 5.69 Å². The summed E-state index contributed by atoms with van der Waals surface area (Å²) in [5, 5.41) is 2.58. The fourth-order valence-corrected chi connectivity index (χ4v) is 5.35. The first kappa shape index (κ1) is 22.5. The van der Waals surface area contributed by atoms with E-state index in [1.165, 1.54) is 16.2 Å². The molecule has 0 unspecified atom stereocenters. The predicted molar refractivity (Wildman–Crippen MR) is 125 cm³/mol. The van der Waals surface area contributed by atoms with E-state index in [1.807, 2.05) is 36.4 Å². The lowest BCUT2D eigenvalue weighted by Crippen LogP contribution is -2.44. The minimum atomic E-state index is -0.418. The zero-order valence-electron chi connectivity index (χ0n) is 18.9. The van der Waals surface area contributed by atoms with Crippen LogP contribution in [0.25, 0.3) is 0 Å². The van der Waals surface area contributed by atoms with Crippen LogP contribution in [-0.2, 0) is 4.79 Å². The zero-order chi connectivity index (χ0) is 22.8. The summed E-state index contributed by atoms with van der Waals surface area (Å²) in [5.41, 5.74) is 1.64. The van der Waals surface area contributed by atoms with Gasteiger partial charge in [0.1, 0.15) is 5.01 Å². The molecule has 3 amide bonds. The van der Waals surface area contributed by atoms with Crippen molar-refractivity contribution < 1.29 is 14.4 Å². The second-order valence-corrected chi connectivity index (χ2v) is 9.55. The number of aromatic nitrogens is 1. The topological polar surface area (TPSA) is 73.8 Å². The highest BCUT2D eigenvalue weighted by atomic mass is 32.1. The van der Waals surface area contributed by atoms with Gasteiger partial charge in [-0.2, -0.15) is 0 Å². The van der Waals surface area contributed by atoms with Crippen LogP contribution < -0.4 is 4.90 Å². The van der Waals surface area contributed by atoms with Crippen molar-refractivity contribution in [2.24, 2.45) is 5.92 Å². The number of amides is 3. The first-order valence-electron chi connectivity index (χ1n) is 11.3. The van der Waals surface area contributed by atoms with Crippen molar-refractivity contribution in [3.8, 4) is 0 Å². The van der Waals surface area contributed by atoms with E-state index in [9.17, 15) is 14.4 Å². The molecule has 3 heterocycles. The number of carbonyl (C=O) groups excluding carboxylic acids is 3. The molecular formula is C24H30N4O3S. The van der Waals surface area contributed by atoms with E-state index in [0.717, 1.165) is 49.5 Å². The Balaban J connectivity index is 1.58. The molecule has 2 atom stereocenters. The van der Waals surface area contributed by atoms with Gasteiger partial charge in [0.05, 0.1) is 28.8 Å². The van der Waals surface area contributed by atoms with Gasteiger partial charge in [0.25, 0.3) is 11.8 Å². The molecule has 0 saturated carbocycles. The standard InChI is InChI=1S/C24H30N4O3S/c1-4-5-12-26(3)22(29)17-8-7-13-27(15-17)19-10-6-9-18-20(19)24(31)28(23(18)30)16(2)21-25-11-14-32-21/h6,9-11,14,16-17H,4-5,7-8,12-13,15H2,1-3H3/t16-,17-/m1/s1. The van der Waals surface area contributed by atoms with E-state index in [2.05, 4.69) is 16.8 Å². The van der Waals surface area contributed by atoms with E-state index in [0.29, 0.717) is 17.7 Å². The molecule has 4 rings (SSSR count). The molecule has 2 aliphatic rings. The Morgan fingerprint density at radius 1 is 1.31 bits per heavy atom. The molecule has 0 spiro atoms. The molecule has 1 fully saturated rings. The van der Waals surface area contributed by atoms with Gasteiger partial charge in [-0.05, 0) is 38.3 Å². The SMILES string of the molecule is CCCCN(C)C(=O)[C@@H]1CCCN(c2cccc3c2C(=O)N([C@H](C)c2nccs2)C3=O)C1. The Kier molecular flexibility index (Phi) is 6.60. The largest absolute Gasteiger partial charge is 0.370 e. The van der Waals surface area contributed by atoms with Gasteiger partial charge < -0.3 is 9.80 Å². The molecule has 1 saturated heterocycles. The van der Waals surface area contributed by atoms with Crippen LogP contribution in [0.2, 0.25) is 0 Å². The Hall–Kier alpha value is -2.74. The van der Waals surface area contributed by atoms with Crippen molar-refractivity contribution in [3.63, 3.8) is 0 Å². The van der Waals surface area contributed by atoms with Gasteiger partial charge in [-0.15, -0.1) is 11.3 Å². The van der Waals surface area contributed by atoms with Crippen molar-refractivity contribution >= 4 is 34.7 Å². The molecular weight excluding hydrogens is 424 g/mol. The Morgan fingerprint density at radius 3 is 2.84 bits per heavy atom. The normalized spacial score (nSPS) is 19.3. The highest BCUT2D eigenvalue weighted by molar-refractivity contribution is 7.09. The molecule has 1 aromatic heterocycles. The molecule has 0 N–H and O–H groups in total. The minimum absolute atomic E-state index is 0.0981. The van der Waals surface area contributed by atoms with Crippen LogP contribution in [0.3, 0.4) is 0 Å². The molecule has 170 valence electrons. The maximum absolute atomic E-state index is 13.4. The summed E-state index contributed by atoms with van der Waals surface area (Å²) in [5.74, 6) is -0.494. The van der Waals surface area contributed by atoms with Gasteiger partial charge >= 0.3 is 0 Å². The second-order valence-electron chi connectivity index (χ2n) is 8.62. The Labute approximate surface area is 193 Å². The number of anilines is 1. The summed E-state index contributed by atoms with van der Waals surface area (Å²) in [7, 11) is 1.87. The Morgan fingerprint density at radius 2 is 2.12 bits per heavy atom. The lowest BCUT2D eigenvalue weighted by Gasteiger charge is -2.36. The average Bonchev–Trinajstić information content (AvgIpc) is 3.44. The van der Waals surface area contributed by atoms with Crippen LogP contribution in [0.1, 0.15) is 71.3 Å². The van der Waals surface area contributed by atoms with Gasteiger partial charge in [-0.25, -0.2) is 4.98 Å². The number of piperidine rings is 1. The van der Waals surface area contributed by atoms with Crippen molar-refractivity contribution in [1.29, 1.82) is 0 Å². The molecule has 1 aromatic carbocycles. The molecule has 0 aliphatic carbocycles. The number of rotatable bonds is 7. The van der Waals surface area contributed by atoms with Crippen LogP contribution >= 0.6 is 11.3 Å². The third kappa shape index (κ3) is 4.03. The quantitative estimate of drug-likeness (QED) is 0.592. The number of carbonyl (C=O) groups is 3. The maximum atomic E-state index is 13.4. The number of nitrogens with zero attached hydrogens (tertiary/aromatic N) is 4. The smallest absolute Gasteiger partial charge is 0.264 e. The van der Waals surface area contributed by atoms with E-state index >= 15 is 0 Å². The number of hydrogen-bond acceptors (Lipinski definition) is 6.